The molecule has 0 saturated carbocycles. The molecule has 0 aromatic carbocycles. The van der Waals surface area contributed by atoms with Crippen LogP contribution in [0.15, 0.2) is 0 Å². The molecule has 1 unspecified atom stereocenters. The van der Waals surface area contributed by atoms with Crippen LogP contribution in [0.2, 0.25) is 0 Å². The van der Waals surface area contributed by atoms with Gasteiger partial charge in [-0.25, -0.2) is 0 Å². The highest BCUT2D eigenvalue weighted by Crippen LogP contribution is 2.08. The van der Waals surface area contributed by atoms with Crippen molar-refractivity contribution in [3.8, 4) is 0 Å². The van der Waals surface area contributed by atoms with Gasteiger partial charge in [0.25, 0.3) is 5.91 Å². The Bertz CT molecular complexity index is 1230. The zero-order valence-electron chi connectivity index (χ0n) is 31.5. The van der Waals surface area contributed by atoms with Crippen molar-refractivity contribution in [2.24, 2.45) is 11.5 Å². The first kappa shape index (κ1) is 48.3. The first-order chi connectivity index (χ1) is 25.1. The Balaban J connectivity index is 5.28. The number of hydrogen-bond acceptors (Lipinski definition) is 11. The third kappa shape index (κ3) is 22.1. The number of nitrogens with one attached hydrogen (secondary N) is 7. The Kier molecular flexibility index (Phi) is 25.5. The van der Waals surface area contributed by atoms with Crippen LogP contribution in [0.3, 0.4) is 0 Å². The number of aliphatic hydroxyl groups is 1. The van der Waals surface area contributed by atoms with E-state index in [9.17, 15) is 48.3 Å². The molecule has 19 nitrogen and oxygen atoms in total. The summed E-state index contributed by atoms with van der Waals surface area (Å²) in [7, 11) is 1.21. The average molecular weight is 756 g/mol. The number of aliphatic hydroxyl groups excluding tert-OH is 1. The normalized spacial score (nSPS) is 13.5. The summed E-state index contributed by atoms with van der Waals surface area (Å²) in [5, 5.41) is 26.8. The van der Waals surface area contributed by atoms with Gasteiger partial charge in [-0.2, -0.15) is 0 Å². The van der Waals surface area contributed by atoms with Gasteiger partial charge in [-0.05, 0) is 46.1 Å². The SMILES string of the molecule is CCCCCCCCCC(=O)NCCC(=O)N[C@@H](CCCCN)C(=O)N[C@H](C(=O)N[C@@H](C)C(=O)N[C@@H](CC(N)=O)C(=O)NCC(=O)C(=O)NC)C(C)O. The van der Waals surface area contributed by atoms with Crippen LogP contribution in [0.5, 0.6) is 0 Å². The Morgan fingerprint density at radius 1 is 0.660 bits per heavy atom. The summed E-state index contributed by atoms with van der Waals surface area (Å²) < 4.78 is 0. The summed E-state index contributed by atoms with van der Waals surface area (Å²) in [4.78, 5) is 111. The third-order valence-corrected chi connectivity index (χ3v) is 8.04. The number of nitrogens with two attached hydrogens (primary N) is 2. The van der Waals surface area contributed by atoms with Crippen LogP contribution < -0.4 is 48.7 Å². The highest BCUT2D eigenvalue weighted by Gasteiger charge is 2.32. The summed E-state index contributed by atoms with van der Waals surface area (Å²) in [6.07, 6.45) is 6.75. The molecule has 0 saturated heterocycles. The molecule has 53 heavy (non-hydrogen) atoms. The number of Topliss-reactive ketones (excluding diaryl/α,β-unsaturated/α-hetero) is 1. The fraction of sp³-hybridized carbons (Fsp3) is 0.735. The maximum absolute atomic E-state index is 13.3. The Hall–Kier alpha value is -4.65. The number of likely N-dealkylation sites (N-methyl/N-ethyl adjacent to an activating group) is 1. The van der Waals surface area contributed by atoms with Crippen molar-refractivity contribution in [2.45, 2.75) is 135 Å². The van der Waals surface area contributed by atoms with E-state index in [-0.39, 0.29) is 25.3 Å². The van der Waals surface area contributed by atoms with E-state index in [2.05, 4.69) is 44.1 Å². The van der Waals surface area contributed by atoms with Crippen LogP contribution in [0, 0.1) is 0 Å². The van der Waals surface area contributed by atoms with E-state index in [1.807, 2.05) is 0 Å². The zero-order valence-corrected chi connectivity index (χ0v) is 31.5. The number of rotatable bonds is 29. The molecule has 0 fully saturated rings. The number of carbonyl (C=O) groups is 9. The standard InChI is InChI=1S/C34H61N9O10/c1-5-6-7-8-9-10-11-15-27(47)38-18-16-28(48)41-23(14-12-13-17-35)32(51)43-29(22(3)44)34(53)40-21(2)30(49)42-24(19-26(36)46)31(50)39-20-25(45)33(52)37-4/h21-24,29,44H,5-20,35H2,1-4H3,(H2,36,46)(H,37,52)(H,38,47)(H,39,50)(H,40,53)(H,41,48)(H,42,49)(H,43,51)/t21-,22?,23-,24-,29-/m0/s1. The van der Waals surface area contributed by atoms with Gasteiger partial charge in [-0.3, -0.25) is 43.2 Å². The molecule has 0 aliphatic heterocycles. The second-order valence-corrected chi connectivity index (χ2v) is 12.8. The van der Waals surface area contributed by atoms with Gasteiger partial charge in [-0.1, -0.05) is 45.4 Å². The summed E-state index contributed by atoms with van der Waals surface area (Å²) >= 11 is 0. The van der Waals surface area contributed by atoms with Gasteiger partial charge >= 0.3 is 0 Å². The van der Waals surface area contributed by atoms with Crippen molar-refractivity contribution in [1.82, 2.24) is 37.2 Å². The van der Waals surface area contributed by atoms with E-state index in [1.54, 1.807) is 0 Å². The zero-order chi connectivity index (χ0) is 40.3. The number of hydrogen-bond donors (Lipinski definition) is 10. The summed E-state index contributed by atoms with van der Waals surface area (Å²) in [6.45, 7) is 4.27. The topological polar surface area (TPSA) is 310 Å². The minimum atomic E-state index is -1.59. The smallest absolute Gasteiger partial charge is 0.289 e. The highest BCUT2D eigenvalue weighted by atomic mass is 16.3. The van der Waals surface area contributed by atoms with Crippen molar-refractivity contribution in [1.29, 1.82) is 0 Å². The van der Waals surface area contributed by atoms with E-state index in [0.29, 0.717) is 25.8 Å². The minimum absolute atomic E-state index is 0.0626. The van der Waals surface area contributed by atoms with Crippen LogP contribution in [0.25, 0.3) is 0 Å². The van der Waals surface area contributed by atoms with Crippen molar-refractivity contribution >= 4 is 53.0 Å². The fourth-order valence-corrected chi connectivity index (χ4v) is 4.92. The summed E-state index contributed by atoms with van der Waals surface area (Å²) in [6, 6.07) is -5.65. The quantitative estimate of drug-likeness (QED) is 0.0279. The molecule has 0 aromatic heterocycles. The molecule has 0 bridgehead atoms. The monoisotopic (exact) mass is 755 g/mol. The number of primary amides is 1. The maximum Gasteiger partial charge on any atom is 0.289 e. The molecule has 302 valence electrons. The van der Waals surface area contributed by atoms with E-state index < -0.39 is 90.4 Å². The van der Waals surface area contributed by atoms with Crippen LogP contribution in [-0.2, 0) is 43.2 Å². The lowest BCUT2D eigenvalue weighted by molar-refractivity contribution is -0.138. The lowest BCUT2D eigenvalue weighted by Gasteiger charge is -2.26. The molecular weight excluding hydrogens is 694 g/mol. The van der Waals surface area contributed by atoms with Crippen molar-refractivity contribution in [2.75, 3.05) is 26.7 Å². The first-order valence-corrected chi connectivity index (χ1v) is 18.2. The maximum atomic E-state index is 13.3. The van der Waals surface area contributed by atoms with Crippen LogP contribution >= 0.6 is 0 Å². The molecule has 0 aliphatic rings. The number of carbonyl (C=O) groups excluding carboxylic acids is 9. The molecule has 8 amide bonds. The Morgan fingerprint density at radius 3 is 1.89 bits per heavy atom. The number of unbranched alkanes of at least 4 members (excludes halogenated alkanes) is 7. The largest absolute Gasteiger partial charge is 0.391 e. The van der Waals surface area contributed by atoms with E-state index in [4.69, 9.17) is 11.5 Å². The Morgan fingerprint density at radius 2 is 1.30 bits per heavy atom. The molecule has 5 atom stereocenters. The van der Waals surface area contributed by atoms with Gasteiger partial charge in [0.2, 0.25) is 47.1 Å². The number of ketones is 1. The van der Waals surface area contributed by atoms with E-state index in [0.717, 1.165) is 25.7 Å². The molecule has 19 heteroatoms. The summed E-state index contributed by atoms with van der Waals surface area (Å²) in [5.74, 6) is -7.38. The van der Waals surface area contributed by atoms with E-state index >= 15 is 0 Å². The van der Waals surface area contributed by atoms with Crippen LogP contribution in [0.4, 0.5) is 0 Å². The second-order valence-electron chi connectivity index (χ2n) is 12.8. The highest BCUT2D eigenvalue weighted by molar-refractivity contribution is 6.37. The van der Waals surface area contributed by atoms with Gasteiger partial charge in [0.05, 0.1) is 19.1 Å². The molecule has 12 N–H and O–H groups in total. The van der Waals surface area contributed by atoms with Crippen LogP contribution in [-0.4, -0.2) is 115 Å². The van der Waals surface area contributed by atoms with Crippen molar-refractivity contribution < 1.29 is 48.3 Å². The predicted octanol–water partition coefficient (Wildman–Crippen LogP) is -2.59. The third-order valence-electron chi connectivity index (χ3n) is 8.04. The molecule has 0 aliphatic carbocycles. The van der Waals surface area contributed by atoms with Gasteiger partial charge < -0.3 is 53.8 Å². The number of amides is 8. The first-order valence-electron chi connectivity index (χ1n) is 18.2. The predicted molar refractivity (Wildman–Crippen MR) is 194 cm³/mol. The molecule has 0 rings (SSSR count). The van der Waals surface area contributed by atoms with Gasteiger partial charge in [-0.15, -0.1) is 0 Å². The van der Waals surface area contributed by atoms with Gasteiger partial charge in [0.15, 0.2) is 0 Å². The second kappa shape index (κ2) is 27.9. The summed E-state index contributed by atoms with van der Waals surface area (Å²) in [5.41, 5.74) is 10.8. The molecule has 0 heterocycles. The van der Waals surface area contributed by atoms with Crippen molar-refractivity contribution in [3.05, 3.63) is 0 Å². The Labute approximate surface area is 311 Å². The average Bonchev–Trinajstić information content (AvgIpc) is 3.10. The van der Waals surface area contributed by atoms with Crippen molar-refractivity contribution in [3.63, 3.8) is 0 Å². The van der Waals surface area contributed by atoms with Crippen LogP contribution in [0.1, 0.15) is 104 Å². The van der Waals surface area contributed by atoms with Gasteiger partial charge in [0.1, 0.15) is 24.2 Å². The van der Waals surface area contributed by atoms with E-state index in [1.165, 1.54) is 40.2 Å². The molecular formula is C34H61N9O10. The fourth-order valence-electron chi connectivity index (χ4n) is 4.92. The molecule has 0 spiro atoms. The lowest BCUT2D eigenvalue weighted by Crippen LogP contribution is -2.60. The van der Waals surface area contributed by atoms with Gasteiger partial charge in [0, 0.05) is 26.4 Å². The minimum Gasteiger partial charge on any atom is -0.391 e. The molecule has 0 radical (unpaired) electrons. The molecule has 0 aromatic rings. The lowest BCUT2D eigenvalue weighted by atomic mass is 10.1.